The first-order valence-corrected chi connectivity index (χ1v) is 15.4. The summed E-state index contributed by atoms with van der Waals surface area (Å²) in [6, 6.07) is 25.5. The van der Waals surface area contributed by atoms with E-state index in [9.17, 15) is 18.0 Å². The van der Waals surface area contributed by atoms with Crippen LogP contribution in [0.25, 0.3) is 10.8 Å². The highest BCUT2D eigenvalue weighted by Gasteiger charge is 2.21. The minimum absolute atomic E-state index is 0.0426. The molecule has 0 aromatic heterocycles. The maximum absolute atomic E-state index is 13.1. The third kappa shape index (κ3) is 8.03. The largest absolute Gasteiger partial charge is 0.345 e. The highest BCUT2D eigenvalue weighted by Crippen LogP contribution is 2.25. The van der Waals surface area contributed by atoms with E-state index >= 15 is 0 Å². The van der Waals surface area contributed by atoms with Gasteiger partial charge in [-0.1, -0.05) is 72.6 Å². The molecule has 4 aromatic rings. The Bertz CT molecular complexity index is 1660. The number of anilines is 1. The van der Waals surface area contributed by atoms with Crippen LogP contribution in [0.3, 0.4) is 0 Å². The minimum atomic E-state index is -4.02. The summed E-state index contributed by atoms with van der Waals surface area (Å²) in [5.41, 5.74) is 4.12. The topological polar surface area (TPSA) is 125 Å². The molecule has 0 saturated carbocycles. The average Bonchev–Trinajstić information content (AvgIpc) is 2.98. The highest BCUT2D eigenvalue weighted by molar-refractivity contribution is 7.85. The summed E-state index contributed by atoms with van der Waals surface area (Å²) in [5.74, 6) is -0.191. The fraction of sp³-hybridized carbons (Fsp3) is 0.273. The number of aryl methyl sites for hydroxylation is 2. The van der Waals surface area contributed by atoms with Gasteiger partial charge in [-0.3, -0.25) is 14.1 Å². The van der Waals surface area contributed by atoms with Crippen LogP contribution in [0.4, 0.5) is 5.69 Å². The van der Waals surface area contributed by atoms with Crippen LogP contribution in [-0.2, 0) is 14.9 Å². The van der Waals surface area contributed by atoms with Crippen molar-refractivity contribution in [2.45, 2.75) is 57.0 Å². The first-order chi connectivity index (χ1) is 20.0. The smallest absolute Gasteiger partial charge is 0.294 e. The van der Waals surface area contributed by atoms with Crippen LogP contribution in [-0.4, -0.2) is 37.4 Å². The summed E-state index contributed by atoms with van der Waals surface area (Å²) in [6.45, 7) is 6.61. The van der Waals surface area contributed by atoms with Gasteiger partial charge >= 0.3 is 0 Å². The lowest BCUT2D eigenvalue weighted by Gasteiger charge is -2.23. The van der Waals surface area contributed by atoms with Crippen molar-refractivity contribution in [1.82, 2.24) is 10.6 Å². The number of benzene rings is 4. The van der Waals surface area contributed by atoms with E-state index in [1.807, 2.05) is 57.2 Å². The Kier molecular flexibility index (Phi) is 10.1. The first-order valence-electron chi connectivity index (χ1n) is 14.0. The van der Waals surface area contributed by atoms with Gasteiger partial charge in [-0.15, -0.1) is 0 Å². The van der Waals surface area contributed by atoms with Crippen LogP contribution in [0.2, 0.25) is 0 Å². The van der Waals surface area contributed by atoms with Gasteiger partial charge in [0.1, 0.15) is 0 Å². The van der Waals surface area contributed by atoms with Crippen LogP contribution < -0.4 is 16.0 Å². The van der Waals surface area contributed by atoms with Crippen LogP contribution in [0, 0.1) is 13.8 Å². The van der Waals surface area contributed by atoms with Crippen molar-refractivity contribution in [3.63, 3.8) is 0 Å². The molecule has 4 N–H and O–H groups in total. The molecule has 1 saturated heterocycles. The fourth-order valence-corrected chi connectivity index (χ4v) is 5.42. The Morgan fingerprint density at radius 2 is 1.64 bits per heavy atom. The molecule has 0 unspecified atom stereocenters. The number of carbonyl (C=O) groups excluding carboxylic acids is 2. The summed E-state index contributed by atoms with van der Waals surface area (Å²) in [7, 11) is -4.02. The maximum atomic E-state index is 13.1. The van der Waals surface area contributed by atoms with E-state index in [0.717, 1.165) is 53.3 Å². The van der Waals surface area contributed by atoms with E-state index in [0.29, 0.717) is 11.3 Å². The SMILES string of the molecule is Cc1ccc(NC(=O)[C@H]2CCCCN2)cc1C(=O)N[C@H](C)c1cccc2ccccc12.Cc1ccc(S(=O)(=O)O)cc1. The molecule has 9 heteroatoms. The predicted octanol–water partition coefficient (Wildman–Crippen LogP) is 5.96. The predicted molar refractivity (Wildman–Crippen MR) is 166 cm³/mol. The maximum Gasteiger partial charge on any atom is 0.294 e. The lowest BCUT2D eigenvalue weighted by molar-refractivity contribution is -0.118. The van der Waals surface area contributed by atoms with Crippen molar-refractivity contribution in [3.8, 4) is 0 Å². The van der Waals surface area contributed by atoms with Gasteiger partial charge in [0.25, 0.3) is 16.0 Å². The molecular weight excluding hydrogens is 550 g/mol. The number of carbonyl (C=O) groups is 2. The number of hydrogen-bond donors (Lipinski definition) is 4. The van der Waals surface area contributed by atoms with Crippen LogP contribution >= 0.6 is 0 Å². The zero-order valence-corrected chi connectivity index (χ0v) is 24.9. The molecule has 0 spiro atoms. The number of fused-ring (bicyclic) bond motifs is 1. The van der Waals surface area contributed by atoms with Crippen molar-refractivity contribution < 1.29 is 22.6 Å². The highest BCUT2D eigenvalue weighted by atomic mass is 32.2. The zero-order valence-electron chi connectivity index (χ0n) is 24.1. The minimum Gasteiger partial charge on any atom is -0.345 e. The van der Waals surface area contributed by atoms with Crippen molar-refractivity contribution in [3.05, 3.63) is 107 Å². The van der Waals surface area contributed by atoms with E-state index in [2.05, 4.69) is 34.1 Å². The van der Waals surface area contributed by atoms with Crippen LogP contribution in [0.5, 0.6) is 0 Å². The number of rotatable bonds is 6. The Morgan fingerprint density at radius 3 is 2.33 bits per heavy atom. The summed E-state index contributed by atoms with van der Waals surface area (Å²) in [4.78, 5) is 25.6. The van der Waals surface area contributed by atoms with E-state index < -0.39 is 10.1 Å². The second-order valence-electron chi connectivity index (χ2n) is 10.6. The van der Waals surface area contributed by atoms with Gasteiger partial charge in [-0.2, -0.15) is 8.42 Å². The zero-order chi connectivity index (χ0) is 30.3. The standard InChI is InChI=1S/C26H29N3O2.C7H8O3S/c1-17-13-14-20(29-26(31)24-12-5-6-15-27-24)16-23(17)25(30)28-18(2)21-11-7-9-19-8-3-4-10-22(19)21;1-6-2-4-7(5-3-6)11(8,9)10/h3-4,7-11,13-14,16,18,24,27H,5-6,12,15H2,1-2H3,(H,28,30)(H,29,31);2-5H,1H3,(H,8,9,10)/t18-,24-;/m1./s1. The van der Waals surface area contributed by atoms with Crippen molar-refractivity contribution in [2.24, 2.45) is 0 Å². The van der Waals surface area contributed by atoms with E-state index in [1.54, 1.807) is 18.2 Å². The Morgan fingerprint density at radius 1 is 0.929 bits per heavy atom. The van der Waals surface area contributed by atoms with Crippen molar-refractivity contribution in [1.29, 1.82) is 0 Å². The Labute approximate surface area is 247 Å². The molecule has 220 valence electrons. The third-order valence-corrected chi connectivity index (χ3v) is 8.20. The quantitative estimate of drug-likeness (QED) is 0.206. The molecule has 0 aliphatic carbocycles. The van der Waals surface area contributed by atoms with Gasteiger partial charge in [-0.25, -0.2) is 0 Å². The van der Waals surface area contributed by atoms with Gasteiger partial charge in [-0.05, 0) is 86.3 Å². The second-order valence-corrected chi connectivity index (χ2v) is 12.0. The number of hydrogen-bond acceptors (Lipinski definition) is 5. The van der Waals surface area contributed by atoms with Crippen molar-refractivity contribution >= 4 is 38.4 Å². The van der Waals surface area contributed by atoms with E-state index in [1.165, 1.54) is 12.1 Å². The van der Waals surface area contributed by atoms with E-state index in [4.69, 9.17) is 4.55 Å². The molecule has 42 heavy (non-hydrogen) atoms. The molecule has 4 aromatic carbocycles. The molecule has 1 fully saturated rings. The van der Waals surface area contributed by atoms with E-state index in [-0.39, 0.29) is 28.8 Å². The molecule has 2 amide bonds. The van der Waals surface area contributed by atoms with Gasteiger partial charge in [0.2, 0.25) is 5.91 Å². The van der Waals surface area contributed by atoms with Gasteiger partial charge in [0, 0.05) is 11.3 Å². The molecule has 0 radical (unpaired) electrons. The molecule has 1 aliphatic rings. The van der Waals surface area contributed by atoms with Crippen molar-refractivity contribution in [2.75, 3.05) is 11.9 Å². The van der Waals surface area contributed by atoms with Crippen LogP contribution in [0.15, 0.2) is 89.8 Å². The number of piperidine rings is 1. The monoisotopic (exact) mass is 587 g/mol. The summed E-state index contributed by atoms with van der Waals surface area (Å²) < 4.78 is 29.6. The molecule has 1 aliphatic heterocycles. The third-order valence-electron chi connectivity index (χ3n) is 7.33. The second kappa shape index (κ2) is 13.7. The summed E-state index contributed by atoms with van der Waals surface area (Å²) >= 11 is 0. The Balaban J connectivity index is 0.000000310. The Hall–Kier alpha value is -4.05. The van der Waals surface area contributed by atoms with Gasteiger partial charge in [0.05, 0.1) is 17.0 Å². The molecular formula is C33H37N3O5S. The molecule has 5 rings (SSSR count). The lowest BCUT2D eigenvalue weighted by Crippen LogP contribution is -2.43. The van der Waals surface area contributed by atoms with Gasteiger partial charge < -0.3 is 16.0 Å². The summed E-state index contributed by atoms with van der Waals surface area (Å²) in [5, 5.41) is 11.6. The lowest BCUT2D eigenvalue weighted by atomic mass is 9.99. The molecule has 1 heterocycles. The first kappa shape index (κ1) is 30.9. The van der Waals surface area contributed by atoms with Gasteiger partial charge in [0.15, 0.2) is 0 Å². The fourth-order valence-electron chi connectivity index (χ4n) is 4.94. The number of amides is 2. The normalized spacial score (nSPS) is 15.7. The summed E-state index contributed by atoms with van der Waals surface area (Å²) in [6.07, 6.45) is 3.00. The van der Waals surface area contributed by atoms with Crippen LogP contribution in [0.1, 0.15) is 59.3 Å². The molecule has 2 atom stereocenters. The number of nitrogens with one attached hydrogen (secondary N) is 3. The average molecular weight is 588 g/mol. The molecule has 0 bridgehead atoms. The molecule has 8 nitrogen and oxygen atoms in total.